The maximum atomic E-state index is 12.0. The molecule has 148 valence electrons. The van der Waals surface area contributed by atoms with Crippen molar-refractivity contribution in [2.24, 2.45) is 5.73 Å². The normalized spacial score (nSPS) is 15.1. The Morgan fingerprint density at radius 3 is 2.04 bits per heavy atom. The van der Waals surface area contributed by atoms with Gasteiger partial charge in [-0.15, -0.1) is 0 Å². The van der Waals surface area contributed by atoms with Gasteiger partial charge in [0, 0.05) is 0 Å². The van der Waals surface area contributed by atoms with Crippen LogP contribution in [0.25, 0.3) is 0 Å². The largest absolute Gasteiger partial charge is 0.481 e. The predicted octanol–water partition coefficient (Wildman–Crippen LogP) is -4.67. The summed E-state index contributed by atoms with van der Waals surface area (Å²) in [6.45, 7) is -0.238. The molecule has 0 spiro atoms. The summed E-state index contributed by atoms with van der Waals surface area (Å²) < 4.78 is 0. The maximum absolute atomic E-state index is 12.0. The SMILES string of the molecule is CC(O)C(NC(=O)C(N)CO)C(=O)NCC(=O)NC(CC(=O)O)C(=O)O. The molecule has 0 aromatic carbocycles. The van der Waals surface area contributed by atoms with E-state index in [0.717, 1.165) is 0 Å². The van der Waals surface area contributed by atoms with E-state index in [1.807, 2.05) is 5.32 Å². The molecular formula is C13H22N4O9. The fraction of sp³-hybridized carbons (Fsp3) is 0.615. The van der Waals surface area contributed by atoms with Crippen molar-refractivity contribution >= 4 is 29.7 Å². The molecule has 0 aliphatic heterocycles. The Hall–Kier alpha value is -2.77. The molecule has 0 rings (SSSR count). The Labute approximate surface area is 147 Å². The molecule has 26 heavy (non-hydrogen) atoms. The summed E-state index contributed by atoms with van der Waals surface area (Å²) in [7, 11) is 0. The van der Waals surface area contributed by atoms with E-state index in [-0.39, 0.29) is 0 Å². The Kier molecular flexibility index (Phi) is 9.80. The molecule has 0 aromatic heterocycles. The van der Waals surface area contributed by atoms with Gasteiger partial charge in [-0.3, -0.25) is 19.2 Å². The molecule has 0 bridgehead atoms. The average molecular weight is 378 g/mol. The van der Waals surface area contributed by atoms with Gasteiger partial charge in [0.25, 0.3) is 0 Å². The molecule has 0 aromatic rings. The number of carbonyl (C=O) groups excluding carboxylic acids is 3. The highest BCUT2D eigenvalue weighted by atomic mass is 16.4. The van der Waals surface area contributed by atoms with Gasteiger partial charge < -0.3 is 42.1 Å². The number of aliphatic carboxylic acids is 2. The highest BCUT2D eigenvalue weighted by Gasteiger charge is 2.28. The van der Waals surface area contributed by atoms with Gasteiger partial charge >= 0.3 is 11.9 Å². The number of amides is 3. The number of hydrogen-bond acceptors (Lipinski definition) is 8. The maximum Gasteiger partial charge on any atom is 0.326 e. The van der Waals surface area contributed by atoms with Gasteiger partial charge in [0.05, 0.1) is 25.7 Å². The van der Waals surface area contributed by atoms with Crippen LogP contribution in [0.1, 0.15) is 13.3 Å². The van der Waals surface area contributed by atoms with Crippen LogP contribution in [0, 0.1) is 0 Å². The minimum absolute atomic E-state index is 0.692. The van der Waals surface area contributed by atoms with Gasteiger partial charge in [0.1, 0.15) is 18.1 Å². The molecule has 0 saturated heterocycles. The van der Waals surface area contributed by atoms with Gasteiger partial charge in [0.2, 0.25) is 17.7 Å². The molecular weight excluding hydrogens is 356 g/mol. The number of carboxylic acid groups (broad SMARTS) is 2. The molecule has 13 nitrogen and oxygen atoms in total. The quantitative estimate of drug-likeness (QED) is 0.171. The standard InChI is InChI=1S/C13H22N4O9/c1-5(19)10(17-11(23)6(14)4-18)12(24)15-3-8(20)16-7(13(25)26)2-9(21)22/h5-7,10,18-19H,2-4,14H2,1H3,(H,15,24)(H,16,20)(H,17,23)(H,21,22)(H,25,26). The van der Waals surface area contributed by atoms with Crippen molar-refractivity contribution < 1.29 is 44.4 Å². The second-order valence-corrected chi connectivity index (χ2v) is 5.29. The average Bonchev–Trinajstić information content (AvgIpc) is 2.54. The summed E-state index contributed by atoms with van der Waals surface area (Å²) in [5.74, 6) is -5.89. The fourth-order valence-electron chi connectivity index (χ4n) is 1.65. The van der Waals surface area contributed by atoms with Crippen LogP contribution in [0.3, 0.4) is 0 Å². The molecule has 3 amide bonds. The smallest absolute Gasteiger partial charge is 0.326 e. The lowest BCUT2D eigenvalue weighted by Crippen LogP contribution is -2.57. The summed E-state index contributed by atoms with van der Waals surface area (Å²) in [4.78, 5) is 56.5. The summed E-state index contributed by atoms with van der Waals surface area (Å²) in [5.41, 5.74) is 5.27. The van der Waals surface area contributed by atoms with Crippen LogP contribution in [0.5, 0.6) is 0 Å². The van der Waals surface area contributed by atoms with Crippen LogP contribution < -0.4 is 21.7 Å². The van der Waals surface area contributed by atoms with Crippen molar-refractivity contribution in [1.82, 2.24) is 16.0 Å². The van der Waals surface area contributed by atoms with Gasteiger partial charge in [-0.1, -0.05) is 0 Å². The van der Waals surface area contributed by atoms with Crippen LogP contribution in [-0.4, -0.2) is 87.5 Å². The summed E-state index contributed by atoms with van der Waals surface area (Å²) >= 11 is 0. The number of rotatable bonds is 11. The van der Waals surface area contributed by atoms with Crippen LogP contribution in [0.15, 0.2) is 0 Å². The molecule has 0 aliphatic rings. The number of carboxylic acids is 2. The van der Waals surface area contributed by atoms with Crippen molar-refractivity contribution in [3.8, 4) is 0 Å². The molecule has 4 atom stereocenters. The number of nitrogens with two attached hydrogens (primary N) is 1. The number of hydrogen-bond donors (Lipinski definition) is 8. The first-order chi connectivity index (χ1) is 12.0. The van der Waals surface area contributed by atoms with Gasteiger partial charge in [-0.05, 0) is 6.92 Å². The second kappa shape index (κ2) is 11.0. The lowest BCUT2D eigenvalue weighted by atomic mass is 10.1. The van der Waals surface area contributed by atoms with Crippen LogP contribution in [-0.2, 0) is 24.0 Å². The Morgan fingerprint density at radius 1 is 1.04 bits per heavy atom. The monoisotopic (exact) mass is 378 g/mol. The van der Waals surface area contributed by atoms with Crippen molar-refractivity contribution in [3.63, 3.8) is 0 Å². The van der Waals surface area contributed by atoms with Gasteiger partial charge in [0.15, 0.2) is 0 Å². The highest BCUT2D eigenvalue weighted by molar-refractivity contribution is 5.93. The third-order valence-electron chi connectivity index (χ3n) is 3.03. The first-order valence-corrected chi connectivity index (χ1v) is 7.36. The van der Waals surface area contributed by atoms with Crippen molar-refractivity contribution in [1.29, 1.82) is 0 Å². The zero-order valence-electron chi connectivity index (χ0n) is 13.8. The number of aliphatic hydroxyl groups excluding tert-OH is 2. The molecule has 0 radical (unpaired) electrons. The molecule has 13 heteroatoms. The third-order valence-corrected chi connectivity index (χ3v) is 3.03. The summed E-state index contributed by atoms with van der Waals surface area (Å²) in [6, 6.07) is -4.49. The number of aliphatic hydroxyl groups is 2. The fourth-order valence-corrected chi connectivity index (χ4v) is 1.65. The first-order valence-electron chi connectivity index (χ1n) is 7.36. The van der Waals surface area contributed by atoms with Crippen molar-refractivity contribution in [3.05, 3.63) is 0 Å². The topological polar surface area (TPSA) is 228 Å². The molecule has 9 N–H and O–H groups in total. The number of nitrogens with one attached hydrogen (secondary N) is 3. The second-order valence-electron chi connectivity index (χ2n) is 5.29. The predicted molar refractivity (Wildman–Crippen MR) is 83.5 cm³/mol. The lowest BCUT2D eigenvalue weighted by Gasteiger charge is -2.22. The molecule has 0 saturated carbocycles. The van der Waals surface area contributed by atoms with Crippen molar-refractivity contribution in [2.45, 2.75) is 37.6 Å². The van der Waals surface area contributed by atoms with E-state index < -0.39 is 73.5 Å². The number of carbonyl (C=O) groups is 5. The zero-order valence-corrected chi connectivity index (χ0v) is 13.8. The van der Waals surface area contributed by atoms with E-state index in [1.54, 1.807) is 0 Å². The Bertz CT molecular complexity index is 552. The van der Waals surface area contributed by atoms with E-state index in [4.69, 9.17) is 21.1 Å². The minimum Gasteiger partial charge on any atom is -0.481 e. The molecule has 0 heterocycles. The Morgan fingerprint density at radius 2 is 1.62 bits per heavy atom. The third kappa shape index (κ3) is 8.36. The zero-order chi connectivity index (χ0) is 20.4. The summed E-state index contributed by atoms with van der Waals surface area (Å²) in [6.07, 6.45) is -2.23. The Balaban J connectivity index is 4.71. The van der Waals surface area contributed by atoms with Crippen LogP contribution in [0.2, 0.25) is 0 Å². The van der Waals surface area contributed by atoms with E-state index in [9.17, 15) is 29.1 Å². The lowest BCUT2D eigenvalue weighted by molar-refractivity contribution is -0.147. The van der Waals surface area contributed by atoms with Crippen LogP contribution >= 0.6 is 0 Å². The summed E-state index contributed by atoms with van der Waals surface area (Å²) in [5, 5.41) is 41.7. The van der Waals surface area contributed by atoms with Crippen molar-refractivity contribution in [2.75, 3.05) is 13.2 Å². The van der Waals surface area contributed by atoms with E-state index >= 15 is 0 Å². The van der Waals surface area contributed by atoms with Crippen LogP contribution in [0.4, 0.5) is 0 Å². The molecule has 0 aliphatic carbocycles. The van der Waals surface area contributed by atoms with Gasteiger partial charge in [-0.25, -0.2) is 4.79 Å². The van der Waals surface area contributed by atoms with E-state index in [0.29, 0.717) is 0 Å². The highest BCUT2D eigenvalue weighted by Crippen LogP contribution is 1.96. The minimum atomic E-state index is -1.69. The molecule has 0 fully saturated rings. The molecule has 4 unspecified atom stereocenters. The first kappa shape index (κ1) is 23.2. The van der Waals surface area contributed by atoms with Gasteiger partial charge in [-0.2, -0.15) is 0 Å². The van der Waals surface area contributed by atoms with E-state index in [2.05, 4.69) is 10.6 Å². The van der Waals surface area contributed by atoms with E-state index in [1.165, 1.54) is 6.92 Å².